The van der Waals surface area contributed by atoms with Crippen molar-refractivity contribution >= 4 is 26.7 Å². The minimum Gasteiger partial charge on any atom is -0.423 e. The zero-order valence-electron chi connectivity index (χ0n) is 11.4. The lowest BCUT2D eigenvalue weighted by atomic mass is 10.2. The first kappa shape index (κ1) is 15.2. The number of hydrogen-bond acceptors (Lipinski definition) is 4. The first-order valence-electron chi connectivity index (χ1n) is 6.36. The van der Waals surface area contributed by atoms with E-state index >= 15 is 0 Å². The van der Waals surface area contributed by atoms with Crippen molar-refractivity contribution in [3.63, 3.8) is 0 Å². The van der Waals surface area contributed by atoms with Crippen molar-refractivity contribution < 1.29 is 21.6 Å². The van der Waals surface area contributed by atoms with E-state index in [9.17, 15) is 22.0 Å². The van der Waals surface area contributed by atoms with E-state index in [1.165, 1.54) is 30.3 Å². The Morgan fingerprint density at radius 2 is 1.61 bits per heavy atom. The Hall–Kier alpha value is -2.74. The van der Waals surface area contributed by atoms with E-state index in [-0.39, 0.29) is 11.3 Å². The Balaban J connectivity index is 2.00. The molecule has 2 aromatic carbocycles. The molecule has 0 spiro atoms. The second-order valence-corrected chi connectivity index (χ2v) is 6.40. The third-order valence-electron chi connectivity index (χ3n) is 3.02. The van der Waals surface area contributed by atoms with E-state index in [0.717, 1.165) is 0 Å². The van der Waals surface area contributed by atoms with Crippen LogP contribution in [0.4, 0.5) is 14.5 Å². The number of nitrogens with one attached hydrogen (secondary N) is 1. The van der Waals surface area contributed by atoms with Crippen LogP contribution in [0.25, 0.3) is 11.0 Å². The molecule has 3 aromatic rings. The van der Waals surface area contributed by atoms with E-state index in [1.54, 1.807) is 0 Å². The zero-order valence-corrected chi connectivity index (χ0v) is 12.2. The highest BCUT2D eigenvalue weighted by molar-refractivity contribution is 7.92. The molecule has 0 aliphatic carbocycles. The number of halogens is 2. The van der Waals surface area contributed by atoms with E-state index in [2.05, 4.69) is 4.72 Å². The van der Waals surface area contributed by atoms with Crippen molar-refractivity contribution in [1.29, 1.82) is 0 Å². The SMILES string of the molecule is O=c1ccc2cc(NS(=O)(=O)c3cc(F)cc(F)c3)ccc2o1. The Morgan fingerprint density at radius 3 is 2.30 bits per heavy atom. The summed E-state index contributed by atoms with van der Waals surface area (Å²) in [5.74, 6) is -1.99. The van der Waals surface area contributed by atoms with Crippen molar-refractivity contribution in [1.82, 2.24) is 0 Å². The monoisotopic (exact) mass is 337 g/mol. The largest absolute Gasteiger partial charge is 0.423 e. The maximum Gasteiger partial charge on any atom is 0.336 e. The number of hydrogen-bond donors (Lipinski definition) is 1. The topological polar surface area (TPSA) is 76.4 Å². The van der Waals surface area contributed by atoms with Crippen LogP contribution in [-0.2, 0) is 10.0 Å². The van der Waals surface area contributed by atoms with Crippen LogP contribution in [0, 0.1) is 11.6 Å². The van der Waals surface area contributed by atoms with Crippen LogP contribution in [0.3, 0.4) is 0 Å². The summed E-state index contributed by atoms with van der Waals surface area (Å²) in [6, 6.07) is 8.90. The second kappa shape index (κ2) is 5.47. The van der Waals surface area contributed by atoms with Crippen LogP contribution in [-0.4, -0.2) is 8.42 Å². The van der Waals surface area contributed by atoms with Gasteiger partial charge in [-0.3, -0.25) is 4.72 Å². The molecule has 0 fully saturated rings. The van der Waals surface area contributed by atoms with Gasteiger partial charge in [0, 0.05) is 23.2 Å². The minimum atomic E-state index is -4.16. The summed E-state index contributed by atoms with van der Waals surface area (Å²) in [5, 5.41) is 0.496. The molecule has 0 unspecified atom stereocenters. The number of benzene rings is 2. The molecular formula is C15H9F2NO4S. The Morgan fingerprint density at radius 1 is 0.913 bits per heavy atom. The van der Waals surface area contributed by atoms with Gasteiger partial charge in [0.25, 0.3) is 10.0 Å². The van der Waals surface area contributed by atoms with Crippen molar-refractivity contribution in [2.45, 2.75) is 4.90 Å². The van der Waals surface area contributed by atoms with Gasteiger partial charge in [-0.1, -0.05) is 0 Å². The molecule has 8 heteroatoms. The molecular weight excluding hydrogens is 328 g/mol. The van der Waals surface area contributed by atoms with Gasteiger partial charge in [0.2, 0.25) is 0 Å². The van der Waals surface area contributed by atoms with Gasteiger partial charge in [0.1, 0.15) is 17.2 Å². The van der Waals surface area contributed by atoms with Gasteiger partial charge in [0.05, 0.1) is 4.90 Å². The van der Waals surface area contributed by atoms with E-state index in [0.29, 0.717) is 23.6 Å². The summed E-state index contributed by atoms with van der Waals surface area (Å²) in [7, 11) is -4.16. The molecule has 0 aliphatic heterocycles. The van der Waals surface area contributed by atoms with E-state index < -0.39 is 32.2 Å². The third kappa shape index (κ3) is 3.21. The minimum absolute atomic E-state index is 0.163. The van der Waals surface area contributed by atoms with Crippen LogP contribution in [0.5, 0.6) is 0 Å². The summed E-state index contributed by atoms with van der Waals surface area (Å²) in [6.45, 7) is 0. The summed E-state index contributed by atoms with van der Waals surface area (Å²) < 4.78 is 57.8. The summed E-state index contributed by atoms with van der Waals surface area (Å²) >= 11 is 0. The quantitative estimate of drug-likeness (QED) is 0.746. The van der Waals surface area contributed by atoms with Gasteiger partial charge in [0.15, 0.2) is 0 Å². The van der Waals surface area contributed by atoms with Gasteiger partial charge in [-0.05, 0) is 36.4 Å². The average Bonchev–Trinajstić information content (AvgIpc) is 2.46. The van der Waals surface area contributed by atoms with Crippen LogP contribution >= 0.6 is 0 Å². The zero-order chi connectivity index (χ0) is 16.6. The molecule has 5 nitrogen and oxygen atoms in total. The molecule has 0 saturated carbocycles. The third-order valence-corrected chi connectivity index (χ3v) is 4.38. The summed E-state index contributed by atoms with van der Waals surface area (Å²) in [6.07, 6.45) is 0. The van der Waals surface area contributed by atoms with Gasteiger partial charge >= 0.3 is 5.63 Å². The van der Waals surface area contributed by atoms with Crippen LogP contribution in [0.15, 0.2) is 62.6 Å². The van der Waals surface area contributed by atoms with Gasteiger partial charge in [-0.25, -0.2) is 22.0 Å². The fraction of sp³-hybridized carbons (Fsp3) is 0. The predicted octanol–water partition coefficient (Wildman–Crippen LogP) is 2.87. The molecule has 0 saturated heterocycles. The predicted molar refractivity (Wildman–Crippen MR) is 79.7 cm³/mol. The molecule has 1 heterocycles. The maximum absolute atomic E-state index is 13.2. The first-order valence-corrected chi connectivity index (χ1v) is 7.85. The molecule has 118 valence electrons. The molecule has 1 N–H and O–H groups in total. The molecule has 23 heavy (non-hydrogen) atoms. The lowest BCUT2D eigenvalue weighted by Gasteiger charge is -2.09. The van der Waals surface area contributed by atoms with Crippen molar-refractivity contribution in [3.05, 3.63) is 70.6 Å². The van der Waals surface area contributed by atoms with Crippen molar-refractivity contribution in [2.75, 3.05) is 4.72 Å². The van der Waals surface area contributed by atoms with Crippen molar-refractivity contribution in [2.24, 2.45) is 0 Å². The second-order valence-electron chi connectivity index (χ2n) is 4.72. The van der Waals surface area contributed by atoms with Crippen LogP contribution in [0.1, 0.15) is 0 Å². The first-order chi connectivity index (χ1) is 10.8. The highest BCUT2D eigenvalue weighted by Crippen LogP contribution is 2.22. The fourth-order valence-corrected chi connectivity index (χ4v) is 3.12. The Kier molecular flexibility index (Phi) is 3.61. The molecule has 3 rings (SSSR count). The Labute approximate surface area is 129 Å². The Bertz CT molecular complexity index is 1040. The van der Waals surface area contributed by atoms with Gasteiger partial charge in [-0.15, -0.1) is 0 Å². The van der Waals surface area contributed by atoms with Gasteiger partial charge < -0.3 is 4.42 Å². The summed E-state index contributed by atoms with van der Waals surface area (Å²) in [5.41, 5.74) is -0.0747. The number of anilines is 1. The lowest BCUT2D eigenvalue weighted by Crippen LogP contribution is -2.13. The highest BCUT2D eigenvalue weighted by Gasteiger charge is 2.17. The van der Waals surface area contributed by atoms with E-state index in [1.807, 2.05) is 0 Å². The van der Waals surface area contributed by atoms with Gasteiger partial charge in [-0.2, -0.15) is 0 Å². The standard InChI is InChI=1S/C15H9F2NO4S/c16-10-6-11(17)8-13(7-10)23(20,21)18-12-2-3-14-9(5-12)1-4-15(19)22-14/h1-8,18H. The highest BCUT2D eigenvalue weighted by atomic mass is 32.2. The maximum atomic E-state index is 13.2. The van der Waals surface area contributed by atoms with E-state index in [4.69, 9.17) is 4.42 Å². The molecule has 1 aromatic heterocycles. The summed E-state index contributed by atoms with van der Waals surface area (Å²) in [4.78, 5) is 10.6. The molecule has 0 bridgehead atoms. The van der Waals surface area contributed by atoms with Crippen LogP contribution in [0.2, 0.25) is 0 Å². The molecule has 0 aliphatic rings. The number of rotatable bonds is 3. The number of sulfonamides is 1. The smallest absolute Gasteiger partial charge is 0.336 e. The van der Waals surface area contributed by atoms with Crippen LogP contribution < -0.4 is 10.3 Å². The normalized spacial score (nSPS) is 11.6. The molecule has 0 radical (unpaired) electrons. The molecule has 0 atom stereocenters. The molecule has 0 amide bonds. The fourth-order valence-electron chi connectivity index (χ4n) is 2.03. The lowest BCUT2D eigenvalue weighted by molar-refractivity contribution is 0.561. The number of fused-ring (bicyclic) bond motifs is 1. The van der Waals surface area contributed by atoms with Crippen molar-refractivity contribution in [3.8, 4) is 0 Å². The average molecular weight is 337 g/mol.